The number of rotatable bonds is 3. The Hall–Kier alpha value is -2.24. The molecule has 0 aliphatic heterocycles. The lowest BCUT2D eigenvalue weighted by molar-refractivity contribution is 0.579. The van der Waals surface area contributed by atoms with E-state index in [0.29, 0.717) is 6.07 Å². The molecule has 0 spiro atoms. The van der Waals surface area contributed by atoms with Gasteiger partial charge in [-0.2, -0.15) is 0 Å². The molecular formula is C12H10F3N3. The second-order valence-corrected chi connectivity index (χ2v) is 3.67. The smallest absolute Gasteiger partial charge is 0.168 e. The predicted molar refractivity (Wildman–Crippen MR) is 62.3 cm³/mol. The topological polar surface area (TPSA) is 50.9 Å². The normalized spacial score (nSPS) is 10.4. The van der Waals surface area contributed by atoms with Gasteiger partial charge in [-0.05, 0) is 17.7 Å². The first-order valence-corrected chi connectivity index (χ1v) is 5.16. The first-order chi connectivity index (χ1) is 8.56. The second kappa shape index (κ2) is 4.95. The van der Waals surface area contributed by atoms with E-state index in [2.05, 4.69) is 10.3 Å². The Balaban J connectivity index is 2.10. The van der Waals surface area contributed by atoms with Gasteiger partial charge in [0.1, 0.15) is 5.82 Å². The van der Waals surface area contributed by atoms with Crippen molar-refractivity contribution in [1.29, 1.82) is 0 Å². The van der Waals surface area contributed by atoms with E-state index in [9.17, 15) is 13.2 Å². The average Bonchev–Trinajstić information content (AvgIpc) is 2.34. The number of aromatic nitrogens is 1. The van der Waals surface area contributed by atoms with Crippen LogP contribution in [0.1, 0.15) is 5.56 Å². The van der Waals surface area contributed by atoms with Crippen LogP contribution < -0.4 is 11.1 Å². The van der Waals surface area contributed by atoms with E-state index in [0.717, 1.165) is 5.56 Å². The summed E-state index contributed by atoms with van der Waals surface area (Å²) in [6, 6.07) is 6.34. The van der Waals surface area contributed by atoms with Gasteiger partial charge in [-0.25, -0.2) is 18.2 Å². The van der Waals surface area contributed by atoms with Crippen molar-refractivity contribution in [3.8, 4) is 0 Å². The molecule has 0 saturated carbocycles. The minimum Gasteiger partial charge on any atom is -0.381 e. The SMILES string of the molecule is Nc1nc(NCc2ccc(F)cc2)c(F)cc1F. The standard InChI is InChI=1S/C12H10F3N3/c13-8-3-1-7(2-4-8)6-17-12-10(15)5-9(14)11(16)18-12/h1-5H,6H2,(H3,16,17,18). The number of halogens is 3. The largest absolute Gasteiger partial charge is 0.381 e. The highest BCUT2D eigenvalue weighted by molar-refractivity contribution is 5.45. The number of hydrogen-bond donors (Lipinski definition) is 2. The predicted octanol–water partition coefficient (Wildman–Crippen LogP) is 2.69. The lowest BCUT2D eigenvalue weighted by Crippen LogP contribution is -2.06. The Kier molecular flexibility index (Phi) is 3.36. The van der Waals surface area contributed by atoms with E-state index in [1.54, 1.807) is 12.1 Å². The second-order valence-electron chi connectivity index (χ2n) is 3.67. The average molecular weight is 253 g/mol. The number of nitrogens with zero attached hydrogens (tertiary/aromatic N) is 1. The summed E-state index contributed by atoms with van der Waals surface area (Å²) in [5.74, 6) is -2.60. The van der Waals surface area contributed by atoms with E-state index >= 15 is 0 Å². The fraction of sp³-hybridized carbons (Fsp3) is 0.0833. The van der Waals surface area contributed by atoms with Crippen molar-refractivity contribution in [2.24, 2.45) is 0 Å². The van der Waals surface area contributed by atoms with Crippen LogP contribution in [0.3, 0.4) is 0 Å². The van der Waals surface area contributed by atoms with Gasteiger partial charge >= 0.3 is 0 Å². The van der Waals surface area contributed by atoms with E-state index in [1.165, 1.54) is 12.1 Å². The molecule has 0 aliphatic rings. The van der Waals surface area contributed by atoms with Gasteiger partial charge in [0.2, 0.25) is 0 Å². The fourth-order valence-corrected chi connectivity index (χ4v) is 1.39. The molecule has 1 heterocycles. The van der Waals surface area contributed by atoms with Gasteiger partial charge in [0.05, 0.1) is 0 Å². The molecule has 0 saturated heterocycles. The van der Waals surface area contributed by atoms with Gasteiger partial charge in [-0.1, -0.05) is 12.1 Å². The molecule has 0 aliphatic carbocycles. The molecule has 0 fully saturated rings. The summed E-state index contributed by atoms with van der Waals surface area (Å²) in [7, 11) is 0. The molecular weight excluding hydrogens is 243 g/mol. The van der Waals surface area contributed by atoms with Crippen LogP contribution in [0.4, 0.5) is 24.8 Å². The van der Waals surface area contributed by atoms with Gasteiger partial charge < -0.3 is 11.1 Å². The highest BCUT2D eigenvalue weighted by Crippen LogP contribution is 2.17. The number of pyridine rings is 1. The molecule has 0 radical (unpaired) electrons. The van der Waals surface area contributed by atoms with Gasteiger partial charge in [-0.3, -0.25) is 0 Å². The summed E-state index contributed by atoms with van der Waals surface area (Å²) in [5.41, 5.74) is 5.97. The summed E-state index contributed by atoms with van der Waals surface area (Å²) in [6.07, 6.45) is 0. The zero-order valence-electron chi connectivity index (χ0n) is 9.25. The molecule has 1 aromatic carbocycles. The first kappa shape index (κ1) is 12.2. The van der Waals surface area contributed by atoms with Crippen LogP contribution in [0.5, 0.6) is 0 Å². The summed E-state index contributed by atoms with van der Waals surface area (Å²) >= 11 is 0. The maximum absolute atomic E-state index is 13.3. The molecule has 0 atom stereocenters. The zero-order valence-corrected chi connectivity index (χ0v) is 9.25. The zero-order chi connectivity index (χ0) is 13.1. The highest BCUT2D eigenvalue weighted by atomic mass is 19.1. The van der Waals surface area contributed by atoms with Crippen LogP contribution >= 0.6 is 0 Å². The number of anilines is 2. The Morgan fingerprint density at radius 1 is 1.06 bits per heavy atom. The number of hydrogen-bond acceptors (Lipinski definition) is 3. The Bertz CT molecular complexity index is 555. The molecule has 3 nitrogen and oxygen atoms in total. The highest BCUT2D eigenvalue weighted by Gasteiger charge is 2.09. The molecule has 3 N–H and O–H groups in total. The van der Waals surface area contributed by atoms with Gasteiger partial charge in [0.15, 0.2) is 23.3 Å². The van der Waals surface area contributed by atoms with E-state index in [4.69, 9.17) is 5.73 Å². The Labute approximate surface area is 101 Å². The van der Waals surface area contributed by atoms with Gasteiger partial charge in [-0.15, -0.1) is 0 Å². The van der Waals surface area contributed by atoms with Crippen molar-refractivity contribution < 1.29 is 13.2 Å². The summed E-state index contributed by atoms with van der Waals surface area (Å²) in [6.45, 7) is 0.231. The monoisotopic (exact) mass is 253 g/mol. The quantitative estimate of drug-likeness (QED) is 0.884. The molecule has 0 amide bonds. The van der Waals surface area contributed by atoms with Crippen LogP contribution in [0.25, 0.3) is 0 Å². The van der Waals surface area contributed by atoms with Crippen molar-refractivity contribution >= 4 is 11.6 Å². The number of benzene rings is 1. The molecule has 1 aromatic heterocycles. The lowest BCUT2D eigenvalue weighted by Gasteiger charge is -2.08. The molecule has 6 heteroatoms. The third kappa shape index (κ3) is 2.71. The van der Waals surface area contributed by atoms with E-state index < -0.39 is 11.6 Å². The van der Waals surface area contributed by atoms with E-state index in [-0.39, 0.29) is 24.0 Å². The molecule has 0 bridgehead atoms. The molecule has 18 heavy (non-hydrogen) atoms. The number of nitrogens with one attached hydrogen (secondary N) is 1. The third-order valence-corrected chi connectivity index (χ3v) is 2.33. The summed E-state index contributed by atoms with van der Waals surface area (Å²) in [4.78, 5) is 3.55. The third-order valence-electron chi connectivity index (χ3n) is 2.33. The lowest BCUT2D eigenvalue weighted by atomic mass is 10.2. The minimum absolute atomic E-state index is 0.141. The number of nitrogens with two attached hydrogens (primary N) is 1. The Morgan fingerprint density at radius 3 is 2.39 bits per heavy atom. The van der Waals surface area contributed by atoms with Gasteiger partial charge in [0, 0.05) is 12.6 Å². The van der Waals surface area contributed by atoms with Crippen LogP contribution in [0.15, 0.2) is 30.3 Å². The molecule has 2 rings (SSSR count). The van der Waals surface area contributed by atoms with Crippen LogP contribution in [0, 0.1) is 17.5 Å². The Morgan fingerprint density at radius 2 is 1.72 bits per heavy atom. The van der Waals surface area contributed by atoms with Crippen molar-refractivity contribution in [3.63, 3.8) is 0 Å². The summed E-state index contributed by atoms with van der Waals surface area (Å²) in [5, 5.41) is 2.66. The molecule has 94 valence electrons. The maximum Gasteiger partial charge on any atom is 0.168 e. The van der Waals surface area contributed by atoms with E-state index in [1.807, 2.05) is 0 Å². The first-order valence-electron chi connectivity index (χ1n) is 5.16. The van der Waals surface area contributed by atoms with Crippen LogP contribution in [0.2, 0.25) is 0 Å². The van der Waals surface area contributed by atoms with Crippen molar-refractivity contribution in [2.75, 3.05) is 11.1 Å². The fourth-order valence-electron chi connectivity index (χ4n) is 1.39. The van der Waals surface area contributed by atoms with Crippen LogP contribution in [-0.2, 0) is 6.54 Å². The van der Waals surface area contributed by atoms with Gasteiger partial charge in [0.25, 0.3) is 0 Å². The summed E-state index contributed by atoms with van der Waals surface area (Å²) < 4.78 is 38.8. The van der Waals surface area contributed by atoms with Crippen molar-refractivity contribution in [3.05, 3.63) is 53.3 Å². The minimum atomic E-state index is -0.903. The molecule has 0 unspecified atom stereocenters. The van der Waals surface area contributed by atoms with Crippen molar-refractivity contribution in [1.82, 2.24) is 4.98 Å². The van der Waals surface area contributed by atoms with Crippen LogP contribution in [-0.4, -0.2) is 4.98 Å². The maximum atomic E-state index is 13.3. The van der Waals surface area contributed by atoms with Crippen molar-refractivity contribution in [2.45, 2.75) is 6.54 Å². The molecule has 2 aromatic rings. The number of nitrogen functional groups attached to an aromatic ring is 1.